The van der Waals surface area contributed by atoms with Crippen molar-refractivity contribution < 1.29 is 9.84 Å². The largest absolute Gasteiger partial charge is 0.371 e. The average molecular weight is 186 g/mol. The monoisotopic (exact) mass is 186 g/mol. The molecule has 13 heavy (non-hydrogen) atoms. The summed E-state index contributed by atoms with van der Waals surface area (Å²) in [5, 5.41) is 8.48. The Kier molecular flexibility index (Phi) is 4.74. The molecule has 3 atom stereocenters. The third kappa shape index (κ3) is 3.28. The molecule has 0 aromatic carbocycles. The quantitative estimate of drug-likeness (QED) is 0.528. The maximum Gasteiger partial charge on any atom is 0.143 e. The molecule has 0 aromatic rings. The van der Waals surface area contributed by atoms with Crippen LogP contribution in [-0.2, 0) is 4.74 Å². The molecule has 1 aliphatic carbocycles. The third-order valence-electron chi connectivity index (χ3n) is 3.45. The van der Waals surface area contributed by atoms with Crippen molar-refractivity contribution in [3.8, 4) is 0 Å². The van der Waals surface area contributed by atoms with Crippen molar-refractivity contribution in [1.82, 2.24) is 0 Å². The Morgan fingerprint density at radius 3 is 2.69 bits per heavy atom. The van der Waals surface area contributed by atoms with E-state index in [2.05, 4.69) is 13.8 Å². The summed E-state index contributed by atoms with van der Waals surface area (Å²) < 4.78 is 4.97. The van der Waals surface area contributed by atoms with Crippen LogP contribution in [0, 0.1) is 17.8 Å². The lowest BCUT2D eigenvalue weighted by atomic mass is 9.95. The molecule has 1 N–H and O–H groups in total. The normalized spacial score (nSPS) is 33.9. The molecule has 0 saturated heterocycles. The summed E-state index contributed by atoms with van der Waals surface area (Å²) in [6.45, 7) is 5.23. The van der Waals surface area contributed by atoms with E-state index in [1.165, 1.54) is 19.3 Å². The molecule has 0 aromatic heterocycles. The first-order chi connectivity index (χ1) is 6.27. The zero-order chi connectivity index (χ0) is 9.68. The first-order valence-corrected chi connectivity index (χ1v) is 5.46. The number of ether oxygens (including phenoxy) is 1. The van der Waals surface area contributed by atoms with Gasteiger partial charge in [0.25, 0.3) is 0 Å². The minimum atomic E-state index is -0.127. The third-order valence-corrected chi connectivity index (χ3v) is 3.45. The molecular weight excluding hydrogens is 164 g/mol. The Balaban J connectivity index is 2.18. The van der Waals surface area contributed by atoms with Gasteiger partial charge < -0.3 is 9.84 Å². The van der Waals surface area contributed by atoms with Gasteiger partial charge in [-0.15, -0.1) is 0 Å². The van der Waals surface area contributed by atoms with Crippen molar-refractivity contribution in [2.24, 2.45) is 17.8 Å². The number of aliphatic hydroxyl groups excluding tert-OH is 1. The van der Waals surface area contributed by atoms with Crippen molar-refractivity contribution in [1.29, 1.82) is 0 Å². The lowest BCUT2D eigenvalue weighted by Crippen LogP contribution is -2.08. The highest BCUT2D eigenvalue weighted by Crippen LogP contribution is 2.39. The van der Waals surface area contributed by atoms with Crippen molar-refractivity contribution in [3.63, 3.8) is 0 Å². The van der Waals surface area contributed by atoms with Gasteiger partial charge in [-0.25, -0.2) is 0 Å². The van der Waals surface area contributed by atoms with Gasteiger partial charge in [-0.2, -0.15) is 0 Å². The van der Waals surface area contributed by atoms with Gasteiger partial charge in [0.15, 0.2) is 0 Å². The van der Waals surface area contributed by atoms with Crippen molar-refractivity contribution in [3.05, 3.63) is 0 Å². The first kappa shape index (κ1) is 11.0. The Hall–Kier alpha value is -0.0800. The topological polar surface area (TPSA) is 29.5 Å². The average Bonchev–Trinajstić information content (AvgIpc) is 2.48. The van der Waals surface area contributed by atoms with Gasteiger partial charge in [0.1, 0.15) is 6.79 Å². The van der Waals surface area contributed by atoms with Crippen molar-refractivity contribution >= 4 is 0 Å². The first-order valence-electron chi connectivity index (χ1n) is 5.46. The van der Waals surface area contributed by atoms with E-state index in [9.17, 15) is 0 Å². The molecule has 0 spiro atoms. The summed E-state index contributed by atoms with van der Waals surface area (Å²) >= 11 is 0. The lowest BCUT2D eigenvalue weighted by Gasteiger charge is -2.14. The second-order valence-corrected chi connectivity index (χ2v) is 4.31. The number of aliphatic hydroxyl groups is 1. The van der Waals surface area contributed by atoms with Gasteiger partial charge in [0.2, 0.25) is 0 Å². The van der Waals surface area contributed by atoms with E-state index < -0.39 is 0 Å². The fraction of sp³-hybridized carbons (Fsp3) is 1.00. The van der Waals surface area contributed by atoms with E-state index in [0.717, 1.165) is 30.8 Å². The van der Waals surface area contributed by atoms with E-state index in [0.29, 0.717) is 0 Å². The Morgan fingerprint density at radius 2 is 2.15 bits per heavy atom. The summed E-state index contributed by atoms with van der Waals surface area (Å²) in [6, 6.07) is 0. The summed E-state index contributed by atoms with van der Waals surface area (Å²) in [5.74, 6) is 2.62. The maximum atomic E-state index is 8.48. The van der Waals surface area contributed by atoms with E-state index in [1.807, 2.05) is 0 Å². The van der Waals surface area contributed by atoms with E-state index in [1.54, 1.807) is 0 Å². The van der Waals surface area contributed by atoms with Gasteiger partial charge in [-0.3, -0.25) is 0 Å². The number of rotatable bonds is 5. The fourth-order valence-electron chi connectivity index (χ4n) is 2.51. The van der Waals surface area contributed by atoms with Gasteiger partial charge in [-0.1, -0.05) is 20.3 Å². The minimum absolute atomic E-state index is 0.127. The van der Waals surface area contributed by atoms with Crippen LogP contribution in [0.4, 0.5) is 0 Å². The molecule has 0 aliphatic heterocycles. The predicted octanol–water partition coefficient (Wildman–Crippen LogP) is 2.42. The van der Waals surface area contributed by atoms with E-state index in [4.69, 9.17) is 9.84 Å². The highest BCUT2D eigenvalue weighted by atomic mass is 16.6. The fourth-order valence-corrected chi connectivity index (χ4v) is 2.51. The van der Waals surface area contributed by atoms with E-state index in [-0.39, 0.29) is 6.79 Å². The van der Waals surface area contributed by atoms with Crippen LogP contribution in [0.5, 0.6) is 0 Å². The van der Waals surface area contributed by atoms with Gasteiger partial charge in [0, 0.05) is 6.61 Å². The highest BCUT2D eigenvalue weighted by molar-refractivity contribution is 4.80. The van der Waals surface area contributed by atoms with Crippen molar-refractivity contribution in [2.45, 2.75) is 39.5 Å². The molecule has 78 valence electrons. The van der Waals surface area contributed by atoms with Gasteiger partial charge >= 0.3 is 0 Å². The molecule has 0 radical (unpaired) electrons. The molecule has 0 amide bonds. The van der Waals surface area contributed by atoms with Crippen LogP contribution >= 0.6 is 0 Å². The van der Waals surface area contributed by atoms with Crippen LogP contribution in [0.25, 0.3) is 0 Å². The molecule has 1 fully saturated rings. The van der Waals surface area contributed by atoms with Gasteiger partial charge in [0.05, 0.1) is 0 Å². The maximum absolute atomic E-state index is 8.48. The predicted molar refractivity (Wildman–Crippen MR) is 53.3 cm³/mol. The molecular formula is C11H22O2. The molecule has 1 aliphatic rings. The van der Waals surface area contributed by atoms with Crippen LogP contribution in [0.3, 0.4) is 0 Å². The highest BCUT2D eigenvalue weighted by Gasteiger charge is 2.29. The molecule has 1 rings (SSSR count). The summed E-state index contributed by atoms with van der Waals surface area (Å²) in [7, 11) is 0. The summed E-state index contributed by atoms with van der Waals surface area (Å²) in [4.78, 5) is 0. The Labute approximate surface area is 81.3 Å². The Morgan fingerprint density at radius 1 is 1.38 bits per heavy atom. The van der Waals surface area contributed by atoms with Crippen LogP contribution in [0.15, 0.2) is 0 Å². The summed E-state index contributed by atoms with van der Waals surface area (Å²) in [6.07, 6.45) is 5.20. The molecule has 0 heterocycles. The second-order valence-electron chi connectivity index (χ2n) is 4.31. The molecule has 2 nitrogen and oxygen atoms in total. The smallest absolute Gasteiger partial charge is 0.143 e. The van der Waals surface area contributed by atoms with Crippen LogP contribution < -0.4 is 0 Å². The molecule has 2 heteroatoms. The van der Waals surface area contributed by atoms with Crippen LogP contribution in [-0.4, -0.2) is 18.5 Å². The molecule has 0 bridgehead atoms. The molecule has 1 saturated carbocycles. The van der Waals surface area contributed by atoms with E-state index >= 15 is 0 Å². The minimum Gasteiger partial charge on any atom is -0.371 e. The zero-order valence-electron chi connectivity index (χ0n) is 8.83. The van der Waals surface area contributed by atoms with Crippen LogP contribution in [0.1, 0.15) is 39.5 Å². The van der Waals surface area contributed by atoms with Crippen LogP contribution in [0.2, 0.25) is 0 Å². The lowest BCUT2D eigenvalue weighted by molar-refractivity contribution is -0.00792. The van der Waals surface area contributed by atoms with Crippen molar-refractivity contribution in [2.75, 3.05) is 13.4 Å². The SMILES string of the molecule is CCC1CC(CCOCO)[C@@H](C)C1. The standard InChI is InChI=1S/C11H22O2/c1-3-10-6-9(2)11(7-10)4-5-13-8-12/h9-12H,3-8H2,1-2H3/t9-,10?,11?/m0/s1. The molecule has 2 unspecified atom stereocenters. The Bertz CT molecular complexity index is 136. The number of hydrogen-bond donors (Lipinski definition) is 1. The zero-order valence-corrected chi connectivity index (χ0v) is 8.83. The van der Waals surface area contributed by atoms with Gasteiger partial charge in [-0.05, 0) is 37.0 Å². The summed E-state index contributed by atoms with van der Waals surface area (Å²) in [5.41, 5.74) is 0. The second kappa shape index (κ2) is 5.61. The number of hydrogen-bond acceptors (Lipinski definition) is 2.